The summed E-state index contributed by atoms with van der Waals surface area (Å²) >= 11 is 0. The van der Waals surface area contributed by atoms with E-state index in [1.807, 2.05) is 48.5 Å². The van der Waals surface area contributed by atoms with Gasteiger partial charge in [0, 0.05) is 0 Å². The first-order valence-electron chi connectivity index (χ1n) is 6.26. The van der Waals surface area contributed by atoms with E-state index in [4.69, 9.17) is 0 Å². The van der Waals surface area contributed by atoms with Gasteiger partial charge in [0.1, 0.15) is 11.6 Å². The van der Waals surface area contributed by atoms with E-state index in [1.165, 1.54) is 0 Å². The molecular formula is C15H12Cl4N4Zr. The van der Waals surface area contributed by atoms with Gasteiger partial charge in [-0.05, 0) is 24.3 Å². The van der Waals surface area contributed by atoms with Crippen molar-refractivity contribution >= 4 is 22.1 Å². The Kier molecular flexibility index (Phi) is 11.9. The number of imidazole rings is 2. The zero-order chi connectivity index (χ0) is 12.7. The molecule has 0 fully saturated rings. The smallest absolute Gasteiger partial charge is 1.00 e. The monoisotopic (exact) mass is 478 g/mol. The summed E-state index contributed by atoms with van der Waals surface area (Å²) in [5.41, 5.74) is 4.12. The van der Waals surface area contributed by atoms with Crippen LogP contribution in [0.5, 0.6) is 0 Å². The first-order valence-corrected chi connectivity index (χ1v) is 6.26. The van der Waals surface area contributed by atoms with Crippen molar-refractivity contribution in [3.8, 4) is 0 Å². The Morgan fingerprint density at radius 3 is 1.38 bits per heavy atom. The van der Waals surface area contributed by atoms with Crippen LogP contribution < -0.4 is 49.6 Å². The zero-order valence-corrected chi connectivity index (χ0v) is 17.7. The summed E-state index contributed by atoms with van der Waals surface area (Å²) in [5.74, 6) is 1.86. The molecule has 24 heavy (non-hydrogen) atoms. The quantitative estimate of drug-likeness (QED) is 0.299. The van der Waals surface area contributed by atoms with Gasteiger partial charge >= 0.3 is 26.2 Å². The number of hydrogen-bond acceptors (Lipinski definition) is 2. The number of halogens is 4. The topological polar surface area (TPSA) is 57.4 Å². The minimum Gasteiger partial charge on any atom is -1.00 e. The van der Waals surface area contributed by atoms with Gasteiger partial charge in [0.25, 0.3) is 0 Å². The molecule has 0 aliphatic carbocycles. The van der Waals surface area contributed by atoms with Crippen molar-refractivity contribution in [3.63, 3.8) is 0 Å². The summed E-state index contributed by atoms with van der Waals surface area (Å²) in [6.07, 6.45) is 0.684. The van der Waals surface area contributed by atoms with E-state index in [-0.39, 0.29) is 75.8 Å². The largest absolute Gasteiger partial charge is 4.00 e. The van der Waals surface area contributed by atoms with Gasteiger partial charge in [-0.2, -0.15) is 0 Å². The van der Waals surface area contributed by atoms with Crippen molar-refractivity contribution in [1.82, 2.24) is 19.9 Å². The molecule has 2 aromatic carbocycles. The molecule has 0 bridgehead atoms. The zero-order valence-electron chi connectivity index (χ0n) is 12.2. The van der Waals surface area contributed by atoms with Crippen LogP contribution in [0.1, 0.15) is 11.6 Å². The van der Waals surface area contributed by atoms with Crippen LogP contribution in [0.3, 0.4) is 0 Å². The number of H-pyrrole nitrogens is 2. The van der Waals surface area contributed by atoms with Crippen molar-refractivity contribution in [2.24, 2.45) is 0 Å². The number of hydrogen-bond donors (Lipinski definition) is 2. The standard InChI is InChI=1S/C15H12N4.4ClH.Zr/c1-2-6-11-10(5-1)16-14(17-11)9-15-18-12-7-3-4-8-13(12)19-15;;;;;/h1-8H,9H2,(H,16,17)(H,18,19);4*1H;/q;;;;;+4/p-4. The van der Waals surface area contributed by atoms with Gasteiger partial charge in [-0.1, -0.05) is 24.3 Å². The van der Waals surface area contributed by atoms with E-state index in [2.05, 4.69) is 19.9 Å². The van der Waals surface area contributed by atoms with E-state index in [1.54, 1.807) is 0 Å². The van der Waals surface area contributed by atoms with Crippen LogP contribution in [0.4, 0.5) is 0 Å². The minimum absolute atomic E-state index is 0. The van der Waals surface area contributed by atoms with Crippen molar-refractivity contribution in [3.05, 3.63) is 60.2 Å². The van der Waals surface area contributed by atoms with E-state index in [9.17, 15) is 0 Å². The molecule has 4 nitrogen and oxygen atoms in total. The van der Waals surface area contributed by atoms with Gasteiger partial charge in [0.2, 0.25) is 0 Å². The molecule has 0 atom stereocenters. The van der Waals surface area contributed by atoms with Crippen molar-refractivity contribution in [2.75, 3.05) is 0 Å². The van der Waals surface area contributed by atoms with Crippen LogP contribution >= 0.6 is 0 Å². The molecule has 9 heteroatoms. The van der Waals surface area contributed by atoms with Gasteiger partial charge in [0.05, 0.1) is 28.5 Å². The summed E-state index contributed by atoms with van der Waals surface area (Å²) in [6.45, 7) is 0. The number of benzene rings is 2. The van der Waals surface area contributed by atoms with E-state index in [0.29, 0.717) is 6.42 Å². The number of nitrogens with zero attached hydrogens (tertiary/aromatic N) is 2. The maximum absolute atomic E-state index is 4.56. The molecule has 0 amide bonds. The predicted octanol–water partition coefficient (Wildman–Crippen LogP) is -8.96. The Morgan fingerprint density at radius 2 is 1.00 bits per heavy atom. The Bertz CT molecular complexity index is 740. The van der Waals surface area contributed by atoms with Crippen LogP contribution in [0.25, 0.3) is 22.1 Å². The second-order valence-electron chi connectivity index (χ2n) is 4.58. The van der Waals surface area contributed by atoms with Gasteiger partial charge < -0.3 is 59.6 Å². The third-order valence-corrected chi connectivity index (χ3v) is 3.21. The van der Waals surface area contributed by atoms with E-state index in [0.717, 1.165) is 33.7 Å². The van der Waals surface area contributed by atoms with Crippen LogP contribution in [0.15, 0.2) is 48.5 Å². The number of para-hydroxylation sites is 4. The summed E-state index contributed by atoms with van der Waals surface area (Å²) in [7, 11) is 0. The minimum atomic E-state index is 0. The van der Waals surface area contributed by atoms with Crippen molar-refractivity contribution in [1.29, 1.82) is 0 Å². The molecule has 0 spiro atoms. The second-order valence-corrected chi connectivity index (χ2v) is 4.58. The molecule has 0 radical (unpaired) electrons. The summed E-state index contributed by atoms with van der Waals surface area (Å²) in [6, 6.07) is 16.1. The number of aromatic amines is 2. The van der Waals surface area contributed by atoms with Gasteiger partial charge in [-0.25, -0.2) is 9.97 Å². The number of rotatable bonds is 2. The van der Waals surface area contributed by atoms with Crippen LogP contribution in [-0.2, 0) is 32.6 Å². The molecule has 124 valence electrons. The van der Waals surface area contributed by atoms with Gasteiger partial charge in [-0.3, -0.25) is 0 Å². The molecule has 0 aliphatic heterocycles. The molecule has 2 N–H and O–H groups in total. The Morgan fingerprint density at radius 1 is 0.625 bits per heavy atom. The SMILES string of the molecule is [Cl-].[Cl-].[Cl-].[Cl-].[Zr+4].c1ccc2[nH]c(Cc3nc4ccccc4[nH]3)nc2c1. The fourth-order valence-corrected chi connectivity index (χ4v) is 2.34. The number of fused-ring (bicyclic) bond motifs is 2. The third kappa shape index (κ3) is 5.21. The van der Waals surface area contributed by atoms with Crippen molar-refractivity contribution in [2.45, 2.75) is 6.42 Å². The average molecular weight is 481 g/mol. The van der Waals surface area contributed by atoms with Crippen LogP contribution in [0, 0.1) is 0 Å². The first kappa shape index (κ1) is 25.7. The first-order chi connectivity index (χ1) is 9.38. The van der Waals surface area contributed by atoms with Crippen LogP contribution in [0.2, 0.25) is 0 Å². The molecular weight excluding hydrogens is 469 g/mol. The second kappa shape index (κ2) is 11.1. The molecule has 4 aromatic rings. The molecule has 0 unspecified atom stereocenters. The summed E-state index contributed by atoms with van der Waals surface area (Å²) in [5, 5.41) is 0. The van der Waals surface area contributed by atoms with E-state index >= 15 is 0 Å². The molecule has 0 aliphatic rings. The summed E-state index contributed by atoms with van der Waals surface area (Å²) < 4.78 is 0. The third-order valence-electron chi connectivity index (χ3n) is 3.21. The average Bonchev–Trinajstić information content (AvgIpc) is 3.00. The van der Waals surface area contributed by atoms with Crippen LogP contribution in [-0.4, -0.2) is 19.9 Å². The Hall–Kier alpha value is -0.577. The Labute approximate surface area is 183 Å². The molecule has 4 rings (SSSR count). The number of aromatic nitrogens is 4. The number of nitrogens with one attached hydrogen (secondary N) is 2. The Balaban J connectivity index is 0. The maximum Gasteiger partial charge on any atom is 4.00 e. The fraction of sp³-hybridized carbons (Fsp3) is 0.0667. The normalized spacial score (nSPS) is 9.00. The van der Waals surface area contributed by atoms with Crippen molar-refractivity contribution < 1.29 is 75.8 Å². The van der Waals surface area contributed by atoms with E-state index < -0.39 is 0 Å². The molecule has 2 aromatic heterocycles. The molecule has 0 saturated carbocycles. The van der Waals surface area contributed by atoms with Gasteiger partial charge in [-0.15, -0.1) is 0 Å². The summed E-state index contributed by atoms with van der Waals surface area (Å²) in [4.78, 5) is 15.8. The fourth-order valence-electron chi connectivity index (χ4n) is 2.34. The van der Waals surface area contributed by atoms with Gasteiger partial charge in [0.15, 0.2) is 0 Å². The molecule has 2 heterocycles. The maximum atomic E-state index is 4.56. The molecule has 0 saturated heterocycles. The predicted molar refractivity (Wildman–Crippen MR) is 75.0 cm³/mol.